The average molecular weight is 751 g/mol. The van der Waals surface area contributed by atoms with E-state index in [1.54, 1.807) is 5.56 Å². The van der Waals surface area contributed by atoms with Crippen LogP contribution < -0.4 is 0 Å². The normalized spacial score (nSPS) is 66.6. The molecule has 17 aliphatic carbocycles. The molecule has 288 valence electrons. The predicted octanol–water partition coefficient (Wildman–Crippen LogP) is 8.56. The zero-order valence-corrected chi connectivity index (χ0v) is 32.8. The third kappa shape index (κ3) is 2.70. The van der Waals surface area contributed by atoms with Crippen LogP contribution in [0.2, 0.25) is 0 Å². The number of hydrogen-bond acceptors (Lipinski definition) is 3. The molecule has 19 rings (SSSR count). The molecule has 0 bridgehead atoms. The van der Waals surface area contributed by atoms with Crippen molar-refractivity contribution in [2.45, 2.75) is 43.6 Å². The van der Waals surface area contributed by atoms with Gasteiger partial charge in [-0.25, -0.2) is 0 Å². The molecule has 18 aliphatic rings. The smallest absolute Gasteiger partial charge is 0.305 e. The van der Waals surface area contributed by atoms with Crippen molar-refractivity contribution >= 4 is 5.97 Å². The summed E-state index contributed by atoms with van der Waals surface area (Å²) in [6.45, 7) is 1.20. The van der Waals surface area contributed by atoms with E-state index in [1.165, 1.54) is 19.3 Å². The van der Waals surface area contributed by atoms with E-state index in [1.807, 2.05) is 0 Å². The molecule has 12 fully saturated rings. The van der Waals surface area contributed by atoms with Crippen molar-refractivity contribution in [1.82, 2.24) is 0 Å². The van der Waals surface area contributed by atoms with Gasteiger partial charge in [0.2, 0.25) is 0 Å². The second kappa shape index (κ2) is 8.88. The van der Waals surface area contributed by atoms with Crippen molar-refractivity contribution in [2.24, 2.45) is 166 Å². The number of carbonyl (C=O) groups excluding carboxylic acids is 1. The van der Waals surface area contributed by atoms with Gasteiger partial charge in [-0.3, -0.25) is 4.79 Å². The van der Waals surface area contributed by atoms with Gasteiger partial charge in [0.15, 0.2) is 0 Å². The Kier molecular flexibility index (Phi) is 4.60. The Balaban J connectivity index is 0.862. The zero-order chi connectivity index (χ0) is 35.8. The molecular weight excluding hydrogens is 697 g/mol. The van der Waals surface area contributed by atoms with E-state index < -0.39 is 0 Å². The van der Waals surface area contributed by atoms with Gasteiger partial charge in [0.25, 0.3) is 0 Å². The number of allylic oxidation sites excluding steroid dienone is 10. The van der Waals surface area contributed by atoms with E-state index in [2.05, 4.69) is 89.1 Å². The fraction of sp³-hybridized carbons (Fsp3) is 0.685. The summed E-state index contributed by atoms with van der Waals surface area (Å²) in [6.07, 6.45) is 23.4. The first kappa shape index (κ1) is 29.6. The Bertz CT molecular complexity index is 2360. The van der Waals surface area contributed by atoms with E-state index >= 15 is 0 Å². The fourth-order valence-electron chi connectivity index (χ4n) is 24.9. The van der Waals surface area contributed by atoms with Crippen LogP contribution in [0.5, 0.6) is 0 Å². The topological polar surface area (TPSA) is 38.8 Å². The van der Waals surface area contributed by atoms with E-state index in [0.29, 0.717) is 13.0 Å². The highest BCUT2D eigenvalue weighted by molar-refractivity contribution is 5.69. The van der Waals surface area contributed by atoms with Gasteiger partial charge in [0, 0.05) is 11.8 Å². The number of ether oxygens (including phenoxy) is 2. The highest BCUT2D eigenvalue weighted by Crippen LogP contribution is 2.93. The third-order valence-electron chi connectivity index (χ3n) is 24.5. The van der Waals surface area contributed by atoms with Crippen molar-refractivity contribution in [3.8, 4) is 0 Å². The van der Waals surface area contributed by atoms with Crippen LogP contribution >= 0.6 is 0 Å². The summed E-state index contributed by atoms with van der Waals surface area (Å²) in [4.78, 5) is 13.2. The zero-order valence-electron chi connectivity index (χ0n) is 32.8. The number of esters is 1. The monoisotopic (exact) mass is 750 g/mol. The minimum atomic E-state index is 0.00612. The highest BCUT2D eigenvalue weighted by atomic mass is 16.6. The lowest BCUT2D eigenvalue weighted by Gasteiger charge is -2.60. The van der Waals surface area contributed by atoms with Crippen LogP contribution in [0.3, 0.4) is 0 Å². The molecule has 1 aliphatic heterocycles. The van der Waals surface area contributed by atoms with Gasteiger partial charge in [0.1, 0.15) is 12.7 Å². The lowest BCUT2D eigenvalue weighted by atomic mass is 9.44. The molecule has 30 unspecified atom stereocenters. The molecule has 1 heterocycles. The molecule has 0 N–H and O–H groups in total. The molecule has 1 aromatic rings. The van der Waals surface area contributed by atoms with Gasteiger partial charge in [-0.05, 0) is 208 Å². The second-order valence-electron chi connectivity index (χ2n) is 24.3. The van der Waals surface area contributed by atoms with E-state index in [-0.39, 0.29) is 17.5 Å². The molecule has 3 nitrogen and oxygen atoms in total. The molecule has 57 heavy (non-hydrogen) atoms. The van der Waals surface area contributed by atoms with Crippen LogP contribution in [0, 0.1) is 166 Å². The van der Waals surface area contributed by atoms with E-state index in [9.17, 15) is 4.79 Å². The van der Waals surface area contributed by atoms with E-state index in [4.69, 9.17) is 9.47 Å². The molecule has 0 aromatic heterocycles. The second-order valence-corrected chi connectivity index (χ2v) is 24.3. The minimum Gasteiger partial charge on any atom is -0.463 e. The first-order chi connectivity index (χ1) is 28.3. The maximum Gasteiger partial charge on any atom is 0.305 e. The molecule has 0 spiro atoms. The lowest BCUT2D eigenvalue weighted by molar-refractivity contribution is -0.144. The van der Waals surface area contributed by atoms with Gasteiger partial charge in [-0.2, -0.15) is 0 Å². The SMILES string of the molecule is O=C(CCCC1(c2ccccc2)C2C3C4C=CC5C6C=CC7C8C=CC9C%10CCC%11C%12C%10C%10C%13C%14=C(C7C6C6=C%14C7C%13C%12C(C3C7C4C65)C%11C21)C8C9%10)OCC1CO1. The van der Waals surface area contributed by atoms with Crippen LogP contribution in [-0.4, -0.2) is 25.3 Å². The quantitative estimate of drug-likeness (QED) is 0.159. The Morgan fingerprint density at radius 2 is 1.16 bits per heavy atom. The van der Waals surface area contributed by atoms with Crippen molar-refractivity contribution in [3.05, 3.63) is 94.6 Å². The summed E-state index contributed by atoms with van der Waals surface area (Å²) < 4.78 is 11.2. The molecule has 0 amide bonds. The van der Waals surface area contributed by atoms with Crippen LogP contribution in [0.4, 0.5) is 0 Å². The molecule has 3 heteroatoms. The minimum absolute atomic E-state index is 0.00612. The summed E-state index contributed by atoms with van der Waals surface area (Å²) in [5.74, 6) is 24.8. The van der Waals surface area contributed by atoms with Crippen molar-refractivity contribution in [1.29, 1.82) is 0 Å². The number of benzene rings is 1. The van der Waals surface area contributed by atoms with Crippen LogP contribution in [-0.2, 0) is 19.7 Å². The van der Waals surface area contributed by atoms with Gasteiger partial charge in [-0.15, -0.1) is 0 Å². The lowest BCUT2D eigenvalue weighted by Crippen LogP contribution is -2.56. The maximum absolute atomic E-state index is 13.2. The predicted molar refractivity (Wildman–Crippen MR) is 211 cm³/mol. The van der Waals surface area contributed by atoms with Crippen LogP contribution in [0.25, 0.3) is 0 Å². The summed E-state index contributed by atoms with van der Waals surface area (Å²) in [5.41, 5.74) is 10.5. The first-order valence-corrected chi connectivity index (χ1v) is 24.6. The Hall–Kier alpha value is -2.65. The van der Waals surface area contributed by atoms with Gasteiger partial charge in [-0.1, -0.05) is 77.9 Å². The number of carbonyl (C=O) groups is 1. The largest absolute Gasteiger partial charge is 0.463 e. The standard InChI is InChI=1S/C54H54O3/c55-29(57-18-20-17-56-20)7-4-16-54(19-5-2-1-3-6-19)52-38-27-14-12-25-23-10-8-21-22-9-11-24-26-13-15-28-37-35(26)42-33(24)31(22)40-30(21)32(23)41-34(25)36(27)43-45(38)46(39(28)53(52)54)44(37)51-49(42)47(40)48(41)50(43)51/h1-3,5-6,8-12,14,20-28,30-39,42-46,49-53H,4,7,13,15-18H2. The third-order valence-corrected chi connectivity index (χ3v) is 24.5. The molecule has 1 saturated heterocycles. The Morgan fingerprint density at radius 3 is 1.89 bits per heavy atom. The number of fused-ring (bicyclic) bond motifs is 8. The summed E-state index contributed by atoms with van der Waals surface area (Å²) in [5, 5.41) is 0. The molecule has 0 radical (unpaired) electrons. The van der Waals surface area contributed by atoms with E-state index in [0.717, 1.165) is 179 Å². The molecule has 11 saturated carbocycles. The van der Waals surface area contributed by atoms with Crippen molar-refractivity contribution < 1.29 is 14.3 Å². The van der Waals surface area contributed by atoms with Gasteiger partial charge >= 0.3 is 5.97 Å². The Labute approximate surface area is 336 Å². The molecule has 1 aromatic carbocycles. The van der Waals surface area contributed by atoms with Crippen LogP contribution in [0.15, 0.2) is 89.1 Å². The van der Waals surface area contributed by atoms with Crippen LogP contribution in [0.1, 0.15) is 37.7 Å². The summed E-state index contributed by atoms with van der Waals surface area (Å²) >= 11 is 0. The highest BCUT2D eigenvalue weighted by Gasteiger charge is 2.89. The molecular formula is C54H54O3. The Morgan fingerprint density at radius 1 is 0.579 bits per heavy atom. The summed E-state index contributed by atoms with van der Waals surface area (Å²) in [7, 11) is 0. The maximum atomic E-state index is 13.2. The summed E-state index contributed by atoms with van der Waals surface area (Å²) in [6, 6.07) is 12.1. The number of epoxide rings is 1. The van der Waals surface area contributed by atoms with Gasteiger partial charge < -0.3 is 9.47 Å². The number of hydrogen-bond donors (Lipinski definition) is 0. The number of rotatable bonds is 7. The van der Waals surface area contributed by atoms with Crippen molar-refractivity contribution in [2.75, 3.05) is 13.2 Å². The fourth-order valence-corrected chi connectivity index (χ4v) is 24.9. The first-order valence-electron chi connectivity index (χ1n) is 24.6. The molecule has 30 atom stereocenters. The van der Waals surface area contributed by atoms with Gasteiger partial charge in [0.05, 0.1) is 6.61 Å². The van der Waals surface area contributed by atoms with Crippen molar-refractivity contribution in [3.63, 3.8) is 0 Å². The average Bonchev–Trinajstić information content (AvgIpc) is 3.81.